The number of hydrogen-bond acceptors (Lipinski definition) is 6. The van der Waals surface area contributed by atoms with Crippen LogP contribution in [-0.2, 0) is 12.0 Å². The molecule has 24 heavy (non-hydrogen) atoms. The minimum atomic E-state index is -0.989. The fourth-order valence-electron chi connectivity index (χ4n) is 3.14. The first-order chi connectivity index (χ1) is 11.4. The summed E-state index contributed by atoms with van der Waals surface area (Å²) in [5, 5.41) is 19.5. The molecule has 0 spiro atoms. The summed E-state index contributed by atoms with van der Waals surface area (Å²) in [7, 11) is 0. The van der Waals surface area contributed by atoms with Crippen molar-refractivity contribution in [3.63, 3.8) is 0 Å². The van der Waals surface area contributed by atoms with E-state index in [9.17, 15) is 5.11 Å². The molecule has 1 unspecified atom stereocenters. The van der Waals surface area contributed by atoms with Gasteiger partial charge in [-0.2, -0.15) is 0 Å². The largest absolute Gasteiger partial charge is 0.382 e. The van der Waals surface area contributed by atoms with Crippen LogP contribution in [0.15, 0.2) is 12.3 Å². The summed E-state index contributed by atoms with van der Waals surface area (Å²) in [6.45, 7) is 9.44. The maximum atomic E-state index is 11.2. The highest BCUT2D eigenvalue weighted by molar-refractivity contribution is 5.41. The van der Waals surface area contributed by atoms with E-state index in [4.69, 9.17) is 0 Å². The van der Waals surface area contributed by atoms with Crippen molar-refractivity contribution in [1.29, 1.82) is 0 Å². The van der Waals surface area contributed by atoms with E-state index in [0.29, 0.717) is 18.7 Å². The number of aryl methyl sites for hydroxylation is 2. The van der Waals surface area contributed by atoms with Gasteiger partial charge in [0.25, 0.3) is 0 Å². The molecule has 3 heterocycles. The van der Waals surface area contributed by atoms with Gasteiger partial charge in [0.1, 0.15) is 22.9 Å². The third kappa shape index (κ3) is 3.26. The molecule has 3 rings (SSSR count). The van der Waals surface area contributed by atoms with Gasteiger partial charge in [-0.15, -0.1) is 5.10 Å². The van der Waals surface area contributed by atoms with Crippen molar-refractivity contribution >= 4 is 5.82 Å². The molecule has 0 radical (unpaired) electrons. The van der Waals surface area contributed by atoms with E-state index in [0.717, 1.165) is 36.7 Å². The first-order valence-electron chi connectivity index (χ1n) is 8.65. The predicted octanol–water partition coefficient (Wildman–Crippen LogP) is 2.01. The van der Waals surface area contributed by atoms with Gasteiger partial charge in [-0.3, -0.25) is 0 Å². The molecule has 1 fully saturated rings. The minimum absolute atomic E-state index is 0.228. The Labute approximate surface area is 142 Å². The predicted molar refractivity (Wildman–Crippen MR) is 91.9 cm³/mol. The fraction of sp³-hybridized carbons (Fsp3) is 0.647. The molecule has 7 heteroatoms. The molecular formula is C17H26N6O. The van der Waals surface area contributed by atoms with Crippen LogP contribution in [0.5, 0.6) is 0 Å². The monoisotopic (exact) mass is 330 g/mol. The van der Waals surface area contributed by atoms with E-state index in [2.05, 4.69) is 32.1 Å². The van der Waals surface area contributed by atoms with Crippen LogP contribution < -0.4 is 4.90 Å². The second-order valence-corrected chi connectivity index (χ2v) is 6.85. The zero-order chi connectivity index (χ0) is 17.3. The van der Waals surface area contributed by atoms with Crippen LogP contribution in [0, 0.1) is 6.92 Å². The third-order valence-electron chi connectivity index (χ3n) is 4.55. The summed E-state index contributed by atoms with van der Waals surface area (Å²) in [5.41, 5.74) is 0.677. The third-order valence-corrected chi connectivity index (χ3v) is 4.55. The van der Waals surface area contributed by atoms with Crippen LogP contribution in [0.25, 0.3) is 0 Å². The molecule has 1 atom stereocenters. The van der Waals surface area contributed by atoms with Crippen LogP contribution >= 0.6 is 0 Å². The molecule has 2 aromatic heterocycles. The molecule has 0 aliphatic carbocycles. The van der Waals surface area contributed by atoms with Crippen molar-refractivity contribution in [2.24, 2.45) is 0 Å². The van der Waals surface area contributed by atoms with Gasteiger partial charge in [-0.05, 0) is 40.0 Å². The van der Waals surface area contributed by atoms with E-state index in [1.54, 1.807) is 4.68 Å². The van der Waals surface area contributed by atoms with E-state index in [1.807, 2.05) is 33.0 Å². The lowest BCUT2D eigenvalue weighted by Gasteiger charge is -2.38. The van der Waals surface area contributed by atoms with Crippen LogP contribution in [0.4, 0.5) is 5.82 Å². The number of piperidine rings is 1. The van der Waals surface area contributed by atoms with E-state index in [1.165, 1.54) is 0 Å². The zero-order valence-corrected chi connectivity index (χ0v) is 14.9. The summed E-state index contributed by atoms with van der Waals surface area (Å²) in [6, 6.07) is 2.25. The Morgan fingerprint density at radius 2 is 2.12 bits per heavy atom. The molecule has 1 aliphatic heterocycles. The van der Waals surface area contributed by atoms with E-state index in [-0.39, 0.29) is 6.04 Å². The quantitative estimate of drug-likeness (QED) is 0.924. The van der Waals surface area contributed by atoms with Crippen LogP contribution in [0.3, 0.4) is 0 Å². The van der Waals surface area contributed by atoms with Gasteiger partial charge >= 0.3 is 0 Å². The van der Waals surface area contributed by atoms with E-state index >= 15 is 0 Å². The van der Waals surface area contributed by atoms with Crippen LogP contribution in [0.1, 0.15) is 56.9 Å². The second kappa shape index (κ2) is 6.47. The van der Waals surface area contributed by atoms with Gasteiger partial charge in [0, 0.05) is 24.3 Å². The lowest BCUT2D eigenvalue weighted by Crippen LogP contribution is -2.47. The number of aliphatic hydroxyl groups is 1. The maximum Gasteiger partial charge on any atom is 0.132 e. The molecule has 0 amide bonds. The molecule has 1 saturated heterocycles. The highest BCUT2D eigenvalue weighted by Gasteiger charge is 2.38. The average molecular weight is 330 g/mol. The molecule has 0 aromatic carbocycles. The number of rotatable bonds is 4. The summed E-state index contributed by atoms with van der Waals surface area (Å²) >= 11 is 0. The molecule has 1 N–H and O–H groups in total. The summed E-state index contributed by atoms with van der Waals surface area (Å²) in [6.07, 6.45) is 4.30. The SMILES string of the molecule is CCc1cc(N2CCCC(O)(c3cn(C(C)C)nn3)C2)nc(C)n1. The fourth-order valence-corrected chi connectivity index (χ4v) is 3.14. The van der Waals surface area contributed by atoms with Gasteiger partial charge < -0.3 is 10.0 Å². The second-order valence-electron chi connectivity index (χ2n) is 6.85. The van der Waals surface area contributed by atoms with Crippen molar-refractivity contribution in [1.82, 2.24) is 25.0 Å². The highest BCUT2D eigenvalue weighted by Crippen LogP contribution is 2.32. The van der Waals surface area contributed by atoms with Gasteiger partial charge in [0.2, 0.25) is 0 Å². The highest BCUT2D eigenvalue weighted by atomic mass is 16.3. The summed E-state index contributed by atoms with van der Waals surface area (Å²) < 4.78 is 1.79. The van der Waals surface area contributed by atoms with Crippen molar-refractivity contribution in [2.45, 2.75) is 58.6 Å². The van der Waals surface area contributed by atoms with E-state index < -0.39 is 5.60 Å². The summed E-state index contributed by atoms with van der Waals surface area (Å²) in [4.78, 5) is 11.1. The standard InChI is InChI=1S/C17H26N6O/c1-5-14-9-16(19-13(4)18-14)22-8-6-7-17(24,11-22)15-10-23(12(2)3)21-20-15/h9-10,12,24H,5-8,11H2,1-4H3. The topological polar surface area (TPSA) is 80.0 Å². The number of β-amino-alcohol motifs (C(OH)–C–C–N with tert-alkyl or cyclic N) is 1. The van der Waals surface area contributed by atoms with Crippen molar-refractivity contribution in [3.05, 3.63) is 29.5 Å². The van der Waals surface area contributed by atoms with Crippen LogP contribution in [0.2, 0.25) is 0 Å². The smallest absolute Gasteiger partial charge is 0.132 e. The molecular weight excluding hydrogens is 304 g/mol. The van der Waals surface area contributed by atoms with Gasteiger partial charge in [0.15, 0.2) is 0 Å². The molecule has 130 valence electrons. The lowest BCUT2D eigenvalue weighted by atomic mass is 9.90. The lowest BCUT2D eigenvalue weighted by molar-refractivity contribution is 0.0174. The molecule has 7 nitrogen and oxygen atoms in total. The van der Waals surface area contributed by atoms with Crippen molar-refractivity contribution < 1.29 is 5.11 Å². The maximum absolute atomic E-state index is 11.2. The van der Waals surface area contributed by atoms with Gasteiger partial charge in [0.05, 0.1) is 12.7 Å². The Morgan fingerprint density at radius 3 is 2.79 bits per heavy atom. The van der Waals surface area contributed by atoms with Crippen LogP contribution in [-0.4, -0.2) is 43.2 Å². The Bertz CT molecular complexity index is 713. The Kier molecular flexibility index (Phi) is 4.54. The number of anilines is 1. The molecule has 0 bridgehead atoms. The Balaban J connectivity index is 1.86. The van der Waals surface area contributed by atoms with Crippen molar-refractivity contribution in [2.75, 3.05) is 18.0 Å². The molecule has 0 saturated carbocycles. The van der Waals surface area contributed by atoms with Crippen molar-refractivity contribution in [3.8, 4) is 0 Å². The van der Waals surface area contributed by atoms with Gasteiger partial charge in [-0.25, -0.2) is 14.6 Å². The zero-order valence-electron chi connectivity index (χ0n) is 14.9. The Hall–Kier alpha value is -2.02. The number of nitrogens with zero attached hydrogens (tertiary/aromatic N) is 6. The Morgan fingerprint density at radius 1 is 1.33 bits per heavy atom. The first kappa shape index (κ1) is 16.8. The minimum Gasteiger partial charge on any atom is -0.382 e. The average Bonchev–Trinajstić information content (AvgIpc) is 3.05. The molecule has 2 aromatic rings. The first-order valence-corrected chi connectivity index (χ1v) is 8.65. The number of aromatic nitrogens is 5. The molecule has 1 aliphatic rings. The summed E-state index contributed by atoms with van der Waals surface area (Å²) in [5.74, 6) is 1.65. The van der Waals surface area contributed by atoms with Gasteiger partial charge in [-0.1, -0.05) is 12.1 Å². The normalized spacial score (nSPS) is 21.5. The number of hydrogen-bond donors (Lipinski definition) is 1.